The third kappa shape index (κ3) is 8.69. The Balaban J connectivity index is 1.06. The number of benzene rings is 2. The SMILES string of the molecule is CC(C)c1ccc(-c2cc(O[C@@H]3C[C@H]4C(=O)N[C@]5(C(=O)NS(=O)(=O)C6(C)CC6)C[C@H]5/C=C\CCCCC[C@H](NC(=O)OC5CCCC5)C(=O)N4C3)c3oc4ccc(F)cc4c3n2)cc1. The monoisotopic (exact) mass is 897 g/mol. The molecule has 16 heteroatoms. The topological polar surface area (TPSA) is 186 Å². The number of alkyl carbamates (subject to hydrolysis) is 1. The number of aromatic nitrogens is 1. The van der Waals surface area contributed by atoms with E-state index in [9.17, 15) is 32.0 Å². The van der Waals surface area contributed by atoms with Crippen molar-refractivity contribution < 1.29 is 45.9 Å². The van der Waals surface area contributed by atoms with E-state index in [1.54, 1.807) is 13.0 Å². The fraction of sp³-hybridized carbons (Fsp3) is 0.521. The van der Waals surface area contributed by atoms with Crippen LogP contribution in [0.25, 0.3) is 33.3 Å². The van der Waals surface area contributed by atoms with E-state index in [0.717, 1.165) is 49.7 Å². The Bertz CT molecular complexity index is 2620. The summed E-state index contributed by atoms with van der Waals surface area (Å²) in [6.45, 7) is 5.71. The van der Waals surface area contributed by atoms with E-state index in [-0.39, 0.29) is 36.8 Å². The van der Waals surface area contributed by atoms with Gasteiger partial charge < -0.3 is 29.4 Å². The summed E-state index contributed by atoms with van der Waals surface area (Å²) in [4.78, 5) is 63.3. The Hall–Kier alpha value is -5.51. The minimum Gasteiger partial charge on any atom is -0.484 e. The highest BCUT2D eigenvalue weighted by atomic mass is 32.2. The van der Waals surface area contributed by atoms with Gasteiger partial charge in [0, 0.05) is 29.4 Å². The molecule has 2 aromatic heterocycles. The second-order valence-electron chi connectivity index (χ2n) is 18.9. The summed E-state index contributed by atoms with van der Waals surface area (Å²) in [7, 11) is -4.03. The number of halogens is 1. The van der Waals surface area contributed by atoms with Gasteiger partial charge >= 0.3 is 6.09 Å². The number of ether oxygens (including phenoxy) is 2. The molecular formula is C48H56FN5O9S. The lowest BCUT2D eigenvalue weighted by atomic mass is 10.0. The third-order valence-electron chi connectivity index (χ3n) is 13.9. The summed E-state index contributed by atoms with van der Waals surface area (Å²) in [5.74, 6) is -2.36. The van der Waals surface area contributed by atoms with Crippen molar-refractivity contribution in [2.45, 2.75) is 145 Å². The third-order valence-corrected chi connectivity index (χ3v) is 16.0. The van der Waals surface area contributed by atoms with Crippen molar-refractivity contribution in [1.82, 2.24) is 25.2 Å². The summed E-state index contributed by atoms with van der Waals surface area (Å²) >= 11 is 0. The largest absolute Gasteiger partial charge is 0.484 e. The predicted molar refractivity (Wildman–Crippen MR) is 237 cm³/mol. The van der Waals surface area contributed by atoms with E-state index in [1.807, 2.05) is 36.4 Å². The van der Waals surface area contributed by atoms with Crippen molar-refractivity contribution in [1.29, 1.82) is 0 Å². The van der Waals surface area contributed by atoms with E-state index < -0.39 is 74.0 Å². The Kier molecular flexibility index (Phi) is 11.7. The number of hydrogen-bond donors (Lipinski definition) is 3. The molecule has 64 heavy (non-hydrogen) atoms. The highest BCUT2D eigenvalue weighted by Crippen LogP contribution is 2.48. The summed E-state index contributed by atoms with van der Waals surface area (Å²) in [6.07, 6.45) is 9.54. The van der Waals surface area contributed by atoms with Crippen LogP contribution in [0.1, 0.15) is 116 Å². The van der Waals surface area contributed by atoms with Crippen molar-refractivity contribution in [2.75, 3.05) is 6.54 Å². The van der Waals surface area contributed by atoms with Gasteiger partial charge in [0.2, 0.25) is 21.8 Å². The predicted octanol–water partition coefficient (Wildman–Crippen LogP) is 7.69. The number of carbonyl (C=O) groups excluding carboxylic acids is 4. The van der Waals surface area contributed by atoms with E-state index in [1.165, 1.54) is 23.1 Å². The number of pyridine rings is 1. The van der Waals surface area contributed by atoms with Crippen LogP contribution in [-0.4, -0.2) is 83.2 Å². The van der Waals surface area contributed by atoms with Crippen molar-refractivity contribution >= 4 is 55.9 Å². The molecule has 3 aliphatic carbocycles. The van der Waals surface area contributed by atoms with E-state index in [2.05, 4.69) is 29.2 Å². The first-order valence-electron chi connectivity index (χ1n) is 22.8. The van der Waals surface area contributed by atoms with Crippen molar-refractivity contribution in [3.63, 3.8) is 0 Å². The van der Waals surface area contributed by atoms with Gasteiger partial charge in [0.05, 0.1) is 17.0 Å². The van der Waals surface area contributed by atoms with Crippen LogP contribution in [0.3, 0.4) is 0 Å². The molecule has 4 heterocycles. The molecule has 4 fully saturated rings. The molecule has 5 atom stereocenters. The van der Waals surface area contributed by atoms with E-state index >= 15 is 0 Å². The van der Waals surface area contributed by atoms with Crippen LogP contribution < -0.4 is 20.1 Å². The molecule has 14 nitrogen and oxygen atoms in total. The first-order valence-corrected chi connectivity index (χ1v) is 24.2. The van der Waals surface area contributed by atoms with Crippen LogP contribution in [0.2, 0.25) is 0 Å². The molecule has 0 radical (unpaired) electrons. The maximum absolute atomic E-state index is 14.9. The van der Waals surface area contributed by atoms with Gasteiger partial charge in [-0.3, -0.25) is 19.1 Å². The smallest absolute Gasteiger partial charge is 0.408 e. The zero-order chi connectivity index (χ0) is 45.0. The maximum atomic E-state index is 14.9. The molecule has 4 aromatic rings. The molecule has 3 saturated carbocycles. The molecule has 2 aromatic carbocycles. The lowest BCUT2D eigenvalue weighted by Gasteiger charge is -2.30. The van der Waals surface area contributed by atoms with Crippen LogP contribution in [0.15, 0.2) is 65.1 Å². The second-order valence-corrected chi connectivity index (χ2v) is 21.1. The standard InChI is InChI=1S/C48H56FN5O9S/c1-28(2)29-15-17-30(18-16-29)37-25-40(42-41(50-37)35-23-32(49)19-20-39(35)63-42)61-34-24-38-43(55)52-48(45(57)53-64(59,60)47(3)21-22-47)26-31(48)11-7-5-4-6-8-14-36(44(56)54(38)27-34)51-46(58)62-33-12-9-10-13-33/h7,11,15-20,23,25,28,31,33-34,36,38H,4-6,8-10,12-14,21-22,24,26-27H2,1-3H3,(H,51,58)(H,52,55)(H,53,57)/b11-7-/t31-,34-,36+,38+,48-/m1/s1. The van der Waals surface area contributed by atoms with Crippen LogP contribution in [0, 0.1) is 11.7 Å². The van der Waals surface area contributed by atoms with Gasteiger partial charge in [-0.2, -0.15) is 0 Å². The number of nitrogens with one attached hydrogen (secondary N) is 3. The van der Waals surface area contributed by atoms with Crippen LogP contribution in [-0.2, 0) is 29.1 Å². The molecule has 0 bridgehead atoms. The quantitative estimate of drug-likeness (QED) is 0.141. The lowest BCUT2D eigenvalue weighted by Crippen LogP contribution is -2.58. The maximum Gasteiger partial charge on any atom is 0.408 e. The molecule has 1 saturated heterocycles. The average molecular weight is 898 g/mol. The van der Waals surface area contributed by atoms with Gasteiger partial charge in [0.25, 0.3) is 5.91 Å². The van der Waals surface area contributed by atoms with Gasteiger partial charge in [0.1, 0.15) is 46.7 Å². The first-order chi connectivity index (χ1) is 30.6. The van der Waals surface area contributed by atoms with Gasteiger partial charge in [-0.05, 0) is 101 Å². The van der Waals surface area contributed by atoms with Gasteiger partial charge in [-0.1, -0.05) is 63.1 Å². The Morgan fingerprint density at radius 3 is 2.47 bits per heavy atom. The number of sulfonamides is 1. The summed E-state index contributed by atoms with van der Waals surface area (Å²) in [5.41, 5.74) is 1.91. The number of carbonyl (C=O) groups is 4. The second kappa shape index (κ2) is 17.1. The van der Waals surface area contributed by atoms with Crippen LogP contribution in [0.4, 0.5) is 9.18 Å². The van der Waals surface area contributed by atoms with E-state index in [0.29, 0.717) is 60.2 Å². The molecule has 0 unspecified atom stereocenters. The Morgan fingerprint density at radius 1 is 0.984 bits per heavy atom. The number of rotatable bonds is 9. The minimum atomic E-state index is -4.03. The number of fused-ring (bicyclic) bond motifs is 5. The minimum absolute atomic E-state index is 0.0253. The molecule has 340 valence electrons. The fourth-order valence-electron chi connectivity index (χ4n) is 9.41. The van der Waals surface area contributed by atoms with Crippen LogP contribution in [0.5, 0.6) is 5.75 Å². The van der Waals surface area contributed by atoms with Crippen molar-refractivity contribution in [3.05, 3.63) is 72.1 Å². The number of nitrogens with zero attached hydrogens (tertiary/aromatic N) is 2. The summed E-state index contributed by atoms with van der Waals surface area (Å²) < 4.78 is 61.2. The molecule has 9 rings (SSSR count). The number of amides is 4. The average Bonchev–Trinajstić information content (AvgIpc) is 3.93. The molecule has 4 amide bonds. The zero-order valence-corrected chi connectivity index (χ0v) is 37.3. The lowest BCUT2D eigenvalue weighted by molar-refractivity contribution is -0.141. The van der Waals surface area contributed by atoms with Crippen molar-refractivity contribution in [2.24, 2.45) is 5.92 Å². The summed E-state index contributed by atoms with van der Waals surface area (Å²) in [5, 5.41) is 6.19. The normalized spacial score (nSPS) is 26.7. The first kappa shape index (κ1) is 43.7. The number of allylic oxidation sites excluding steroid dienone is 1. The molecule has 2 aliphatic heterocycles. The van der Waals surface area contributed by atoms with Gasteiger partial charge in [-0.25, -0.2) is 22.6 Å². The van der Waals surface area contributed by atoms with Crippen LogP contribution >= 0.6 is 0 Å². The molecular weight excluding hydrogens is 842 g/mol. The molecule has 5 aliphatic rings. The van der Waals surface area contributed by atoms with Crippen molar-refractivity contribution in [3.8, 4) is 17.0 Å². The Labute approximate surface area is 372 Å². The summed E-state index contributed by atoms with van der Waals surface area (Å²) in [6, 6.07) is 11.7. The highest BCUT2D eigenvalue weighted by Gasteiger charge is 2.63. The number of hydrogen-bond acceptors (Lipinski definition) is 10. The fourth-order valence-corrected chi connectivity index (χ4v) is 10.7. The molecule has 3 N–H and O–H groups in total. The van der Waals surface area contributed by atoms with E-state index in [4.69, 9.17) is 18.9 Å². The number of furan rings is 1. The molecule has 0 spiro atoms. The Morgan fingerprint density at radius 2 is 1.73 bits per heavy atom. The highest BCUT2D eigenvalue weighted by molar-refractivity contribution is 7.91. The van der Waals surface area contributed by atoms with Gasteiger partial charge in [-0.15, -0.1) is 0 Å². The zero-order valence-electron chi connectivity index (χ0n) is 36.5. The van der Waals surface area contributed by atoms with Gasteiger partial charge in [0.15, 0.2) is 11.3 Å².